The predicted molar refractivity (Wildman–Crippen MR) is 79.0 cm³/mol. The van der Waals surface area contributed by atoms with Crippen molar-refractivity contribution >= 4 is 17.0 Å². The van der Waals surface area contributed by atoms with Gasteiger partial charge in [0.1, 0.15) is 5.54 Å². The van der Waals surface area contributed by atoms with E-state index in [0.717, 1.165) is 17.0 Å². The first-order valence-corrected chi connectivity index (χ1v) is 7.68. The molecule has 0 saturated carbocycles. The van der Waals surface area contributed by atoms with Crippen molar-refractivity contribution in [1.82, 2.24) is 5.06 Å². The molecule has 1 heterocycles. The number of nitrogens with zero attached hydrogens (tertiary/aromatic N) is 1. The molecule has 1 aliphatic rings. The van der Waals surface area contributed by atoms with Crippen LogP contribution >= 0.6 is 0 Å². The molecular weight excluding hydrogens is 292 g/mol. The SMILES string of the molecule is C=CCS(=O)[O-].NC(=O)[C@]1(c2ccccc2)CCCN1O. The molecule has 1 saturated heterocycles. The van der Waals surface area contributed by atoms with Crippen LogP contribution in [-0.4, -0.2) is 37.2 Å². The van der Waals surface area contributed by atoms with Crippen LogP contribution < -0.4 is 5.73 Å². The largest absolute Gasteiger partial charge is 0.772 e. The van der Waals surface area contributed by atoms with Gasteiger partial charge in [0, 0.05) is 12.3 Å². The minimum Gasteiger partial charge on any atom is -0.772 e. The number of hydroxylamine groups is 2. The van der Waals surface area contributed by atoms with Crippen molar-refractivity contribution in [3.8, 4) is 0 Å². The van der Waals surface area contributed by atoms with Crippen LogP contribution in [-0.2, 0) is 21.4 Å². The molecule has 1 fully saturated rings. The Balaban J connectivity index is 0.000000315. The first kappa shape index (κ1) is 17.5. The fourth-order valence-corrected chi connectivity index (χ4v) is 2.49. The van der Waals surface area contributed by atoms with E-state index in [-0.39, 0.29) is 5.75 Å². The molecular formula is C14H19N2O4S-. The number of hydrogen-bond acceptors (Lipinski definition) is 5. The summed E-state index contributed by atoms with van der Waals surface area (Å²) in [7, 11) is 0. The average molecular weight is 311 g/mol. The van der Waals surface area contributed by atoms with Gasteiger partial charge in [0.05, 0.1) is 0 Å². The van der Waals surface area contributed by atoms with Crippen molar-refractivity contribution in [3.63, 3.8) is 0 Å². The maximum Gasteiger partial charge on any atom is 0.244 e. The van der Waals surface area contributed by atoms with Crippen LogP contribution in [0.3, 0.4) is 0 Å². The lowest BCUT2D eigenvalue weighted by molar-refractivity contribution is -0.170. The van der Waals surface area contributed by atoms with Crippen LogP contribution in [0.4, 0.5) is 0 Å². The van der Waals surface area contributed by atoms with E-state index in [9.17, 15) is 18.8 Å². The van der Waals surface area contributed by atoms with E-state index in [1.54, 1.807) is 0 Å². The number of benzene rings is 1. The van der Waals surface area contributed by atoms with Crippen LogP contribution in [0.1, 0.15) is 18.4 Å². The highest BCUT2D eigenvalue weighted by Crippen LogP contribution is 2.37. The Hall–Kier alpha value is -1.54. The second-order valence-corrected chi connectivity index (χ2v) is 5.52. The van der Waals surface area contributed by atoms with Gasteiger partial charge < -0.3 is 15.5 Å². The van der Waals surface area contributed by atoms with Crippen LogP contribution in [0, 0.1) is 0 Å². The number of carbonyl (C=O) groups excluding carboxylic acids is 1. The van der Waals surface area contributed by atoms with Gasteiger partial charge in [-0.15, -0.1) is 6.58 Å². The number of primary amides is 1. The van der Waals surface area contributed by atoms with Gasteiger partial charge in [-0.3, -0.25) is 9.00 Å². The van der Waals surface area contributed by atoms with Gasteiger partial charge >= 0.3 is 0 Å². The van der Waals surface area contributed by atoms with E-state index in [4.69, 9.17) is 5.73 Å². The molecule has 0 radical (unpaired) electrons. The maximum absolute atomic E-state index is 11.6. The predicted octanol–water partition coefficient (Wildman–Crippen LogP) is 0.904. The van der Waals surface area contributed by atoms with E-state index in [1.807, 2.05) is 30.3 Å². The van der Waals surface area contributed by atoms with E-state index < -0.39 is 22.5 Å². The molecule has 1 aliphatic heterocycles. The van der Waals surface area contributed by atoms with Gasteiger partial charge in [0.2, 0.25) is 5.91 Å². The molecule has 0 spiro atoms. The standard InChI is InChI=1S/C11H14N2O2.C3H6O2S/c12-10(14)11(7-4-8-13(11)15)9-5-2-1-3-6-9;1-2-3-6(4)5/h1-3,5-6,15H,4,7-8H2,(H2,12,14);2H,1,3H2,(H,4,5)/p-1/t11-;/m1./s1. The Kier molecular flexibility index (Phi) is 6.70. The summed E-state index contributed by atoms with van der Waals surface area (Å²) in [6, 6.07) is 9.19. The normalized spacial score (nSPS) is 23.0. The molecule has 21 heavy (non-hydrogen) atoms. The summed E-state index contributed by atoms with van der Waals surface area (Å²) in [5, 5.41) is 10.9. The van der Waals surface area contributed by atoms with Gasteiger partial charge in [-0.25, -0.2) is 0 Å². The van der Waals surface area contributed by atoms with Gasteiger partial charge in [0.25, 0.3) is 0 Å². The molecule has 1 aromatic rings. The summed E-state index contributed by atoms with van der Waals surface area (Å²) in [6.45, 7) is 3.69. The molecule has 1 amide bonds. The lowest BCUT2D eigenvalue weighted by Crippen LogP contribution is -2.49. The summed E-state index contributed by atoms with van der Waals surface area (Å²) in [5.74, 6) is -0.436. The first-order chi connectivity index (χ1) is 9.95. The summed E-state index contributed by atoms with van der Waals surface area (Å²) in [5.41, 5.74) is 5.15. The Labute approximate surface area is 126 Å². The van der Waals surface area contributed by atoms with E-state index >= 15 is 0 Å². The fourth-order valence-electron chi connectivity index (χ4n) is 2.30. The summed E-state index contributed by atoms with van der Waals surface area (Å²) in [4.78, 5) is 11.6. The van der Waals surface area contributed by atoms with Crippen molar-refractivity contribution in [2.24, 2.45) is 5.73 Å². The Morgan fingerprint density at radius 2 is 2.14 bits per heavy atom. The van der Waals surface area contributed by atoms with Crippen molar-refractivity contribution in [3.05, 3.63) is 48.6 Å². The van der Waals surface area contributed by atoms with Crippen molar-refractivity contribution in [2.75, 3.05) is 12.3 Å². The van der Waals surface area contributed by atoms with Gasteiger partial charge in [-0.1, -0.05) is 47.5 Å². The Bertz CT molecular complexity index is 509. The highest BCUT2D eigenvalue weighted by Gasteiger charge is 2.47. The minimum absolute atomic E-state index is 0.0556. The minimum atomic E-state index is -1.93. The third kappa shape index (κ3) is 4.21. The number of hydrogen-bond donors (Lipinski definition) is 2. The molecule has 3 N–H and O–H groups in total. The van der Waals surface area contributed by atoms with Gasteiger partial charge in [-0.2, -0.15) is 5.06 Å². The topological polar surface area (TPSA) is 107 Å². The molecule has 0 aromatic heterocycles. The third-order valence-corrected chi connectivity index (χ3v) is 3.77. The van der Waals surface area contributed by atoms with Crippen molar-refractivity contribution in [2.45, 2.75) is 18.4 Å². The number of amides is 1. The van der Waals surface area contributed by atoms with Crippen LogP contribution in [0.15, 0.2) is 43.0 Å². The molecule has 1 unspecified atom stereocenters. The van der Waals surface area contributed by atoms with E-state index in [0.29, 0.717) is 13.0 Å². The molecule has 0 aliphatic carbocycles. The lowest BCUT2D eigenvalue weighted by Gasteiger charge is -2.31. The third-order valence-electron chi connectivity index (χ3n) is 3.26. The van der Waals surface area contributed by atoms with Gasteiger partial charge in [-0.05, 0) is 18.4 Å². The summed E-state index contributed by atoms with van der Waals surface area (Å²) < 4.78 is 19.1. The fraction of sp³-hybridized carbons (Fsp3) is 0.357. The van der Waals surface area contributed by atoms with Crippen molar-refractivity contribution in [1.29, 1.82) is 0 Å². The number of rotatable bonds is 4. The van der Waals surface area contributed by atoms with Crippen LogP contribution in [0.2, 0.25) is 0 Å². The molecule has 1 aromatic carbocycles. The maximum atomic E-state index is 11.6. The zero-order chi connectivity index (χ0) is 15.9. The molecule has 0 bridgehead atoms. The molecule has 7 heteroatoms. The number of nitrogens with two attached hydrogens (primary N) is 1. The lowest BCUT2D eigenvalue weighted by atomic mass is 9.87. The quantitative estimate of drug-likeness (QED) is 0.635. The number of carbonyl (C=O) groups is 1. The van der Waals surface area contributed by atoms with Gasteiger partial charge in [0.15, 0.2) is 0 Å². The second-order valence-electron chi connectivity index (χ2n) is 4.58. The van der Waals surface area contributed by atoms with E-state index in [2.05, 4.69) is 6.58 Å². The molecule has 116 valence electrons. The van der Waals surface area contributed by atoms with E-state index in [1.165, 1.54) is 6.08 Å². The molecule has 6 nitrogen and oxygen atoms in total. The molecule has 2 atom stereocenters. The smallest absolute Gasteiger partial charge is 0.244 e. The Morgan fingerprint density at radius 1 is 1.52 bits per heavy atom. The second kappa shape index (κ2) is 8.04. The zero-order valence-electron chi connectivity index (χ0n) is 11.6. The highest BCUT2D eigenvalue weighted by atomic mass is 32.2. The average Bonchev–Trinajstić information content (AvgIpc) is 2.83. The highest BCUT2D eigenvalue weighted by molar-refractivity contribution is 7.79. The van der Waals surface area contributed by atoms with Crippen LogP contribution in [0.5, 0.6) is 0 Å². The Morgan fingerprint density at radius 3 is 2.48 bits per heavy atom. The monoisotopic (exact) mass is 311 g/mol. The summed E-state index contributed by atoms with van der Waals surface area (Å²) in [6.07, 6.45) is 2.68. The zero-order valence-corrected chi connectivity index (χ0v) is 12.4. The summed E-state index contributed by atoms with van der Waals surface area (Å²) >= 11 is -1.93. The molecule has 2 rings (SSSR count). The first-order valence-electron chi connectivity index (χ1n) is 6.44. The van der Waals surface area contributed by atoms with Crippen molar-refractivity contribution < 1.29 is 18.8 Å². The van der Waals surface area contributed by atoms with Crippen LogP contribution in [0.25, 0.3) is 0 Å².